The van der Waals surface area contributed by atoms with E-state index in [1.807, 2.05) is 0 Å². The Morgan fingerprint density at radius 1 is 0.966 bits per heavy atom. The molecule has 1 rings (SSSR count). The van der Waals surface area contributed by atoms with Gasteiger partial charge in [-0.1, -0.05) is 94.8 Å². The predicted octanol–water partition coefficient (Wildman–Crippen LogP) is 9.24. The normalized spacial score (nSPS) is 12.0. The Labute approximate surface area is 217 Å². The molecule has 1 amide bonds. The van der Waals surface area contributed by atoms with Gasteiger partial charge in [0.25, 0.3) is 0 Å². The number of carbonyl (C=O) groups excluding carboxylic acids is 1. The van der Waals surface area contributed by atoms with E-state index in [1.54, 1.807) is 0 Å². The van der Waals surface area contributed by atoms with Crippen LogP contribution in [0, 0.1) is 29.7 Å². The third-order valence-corrected chi connectivity index (χ3v) is 9.45. The summed E-state index contributed by atoms with van der Waals surface area (Å²) in [5.74, 6) is -0.326. The van der Waals surface area contributed by atoms with Crippen LogP contribution in [0.2, 0.25) is 18.6 Å². The first-order chi connectivity index (χ1) is 10.5. The van der Waals surface area contributed by atoms with Gasteiger partial charge >= 0.3 is 0 Å². The molecule has 178 valence electrons. The molecule has 29 heavy (non-hydrogen) atoms. The summed E-state index contributed by atoms with van der Waals surface area (Å²) in [5, 5.41) is 1.44. The van der Waals surface area contributed by atoms with Gasteiger partial charge in [-0.3, -0.25) is 0 Å². The molecule has 0 radical (unpaired) electrons. The monoisotopic (exact) mass is 542 g/mol. The summed E-state index contributed by atoms with van der Waals surface area (Å²) in [7, 11) is -1.79. The second-order valence-corrected chi connectivity index (χ2v) is 12.0. The number of hydrogen-bond acceptors (Lipinski definition) is 1. The molecular weight excluding hydrogens is 496 g/mol. The molecule has 6 heteroatoms. The number of rotatable bonds is 12. The third-order valence-electron chi connectivity index (χ3n) is 5.13. The van der Waals surface area contributed by atoms with Gasteiger partial charge in [-0.25, -0.2) is 0 Å². The van der Waals surface area contributed by atoms with Crippen molar-refractivity contribution in [3.63, 3.8) is 0 Å². The second kappa shape index (κ2) is 26.7. The molecule has 0 heterocycles. The Kier molecular flexibility index (Phi) is 43.6. The van der Waals surface area contributed by atoms with Crippen molar-refractivity contribution >= 4 is 38.8 Å². The van der Waals surface area contributed by atoms with Crippen molar-refractivity contribution in [3.05, 3.63) is 58.9 Å². The van der Waals surface area contributed by atoms with Crippen LogP contribution in [0.3, 0.4) is 0 Å². The van der Waals surface area contributed by atoms with E-state index < -0.39 is 8.07 Å². The maximum atomic E-state index is 11.8. The number of allylic oxidation sites excluding steroid dienone is 4. The van der Waals surface area contributed by atoms with Crippen molar-refractivity contribution in [2.75, 3.05) is 0 Å². The first-order valence-electron chi connectivity index (χ1n) is 9.11. The molecule has 0 bridgehead atoms. The molecule has 0 aromatic carbocycles. The molecule has 0 saturated carbocycles. The van der Waals surface area contributed by atoms with Crippen molar-refractivity contribution in [1.82, 2.24) is 0 Å². The van der Waals surface area contributed by atoms with E-state index in [4.69, 9.17) is 5.73 Å². The summed E-state index contributed by atoms with van der Waals surface area (Å²) in [4.78, 5) is 11.8. The summed E-state index contributed by atoms with van der Waals surface area (Å²) in [6.45, 7) is 6.79. The second-order valence-electron chi connectivity index (χ2n) is 7.23. The number of halogens is 2. The van der Waals surface area contributed by atoms with Crippen LogP contribution in [0.4, 0.5) is 0 Å². The topological polar surface area (TPSA) is 40.9 Å². The van der Waals surface area contributed by atoms with Crippen molar-refractivity contribution in [2.45, 2.75) is 89.8 Å². The maximum Gasteiger partial charge on any atom is 0.0847 e. The van der Waals surface area contributed by atoms with E-state index in [-0.39, 0.29) is 92.2 Å². The molecule has 1 unspecified atom stereocenters. The van der Waals surface area contributed by atoms with E-state index in [9.17, 15) is 4.79 Å². The zero-order chi connectivity index (χ0) is 16.4. The molecule has 1 N–H and O–H groups in total. The molecule has 1 aliphatic rings. The van der Waals surface area contributed by atoms with E-state index >= 15 is 0 Å². The quantitative estimate of drug-likeness (QED) is 0.137. The Bertz CT molecular complexity index is 416. The summed E-state index contributed by atoms with van der Waals surface area (Å²) in [5.41, 5.74) is 7.68. The Morgan fingerprint density at radius 3 is 1.79 bits per heavy atom. The number of carbonyl (C=O) groups is 1. The molecule has 2 nitrogen and oxygen atoms in total. The first-order valence-corrected chi connectivity index (χ1v) is 12.2. The van der Waals surface area contributed by atoms with Crippen LogP contribution in [-0.2, 0) is 31.0 Å². The van der Waals surface area contributed by atoms with Crippen molar-refractivity contribution in [1.29, 1.82) is 0 Å². The third kappa shape index (κ3) is 18.0. The summed E-state index contributed by atoms with van der Waals surface area (Å²) >= 11 is 0. The number of unbranched alkanes of at least 4 members (excludes halogenated alkanes) is 7. The molecule has 0 fully saturated rings. The summed E-state index contributed by atoms with van der Waals surface area (Å²) < 4.78 is 0. The number of hydrogen-bond donors (Lipinski definition) is 0. The smallest absolute Gasteiger partial charge is 0.0847 e. The fraction of sp³-hybridized carbons (Fsp3) is 0.609. The molecule has 0 saturated heterocycles. The van der Waals surface area contributed by atoms with Crippen LogP contribution >= 0.6 is 24.8 Å². The largest absolute Gasteiger partial charge is 0.668 e. The van der Waals surface area contributed by atoms with Crippen molar-refractivity contribution in [2.24, 2.45) is 0 Å². The van der Waals surface area contributed by atoms with Crippen LogP contribution < -0.4 is 0 Å². The fourth-order valence-electron chi connectivity index (χ4n) is 3.45. The summed E-state index contributed by atoms with van der Waals surface area (Å²) in [6, 6.07) is 0. The van der Waals surface area contributed by atoms with Gasteiger partial charge in [0.2, 0.25) is 0 Å². The van der Waals surface area contributed by atoms with Crippen LogP contribution in [0.25, 0.3) is 5.73 Å². The van der Waals surface area contributed by atoms with Gasteiger partial charge in [-0.15, -0.1) is 24.8 Å². The minimum Gasteiger partial charge on any atom is -0.668 e. The van der Waals surface area contributed by atoms with Gasteiger partial charge in [-0.2, -0.15) is 0 Å². The minimum absolute atomic E-state index is 0. The van der Waals surface area contributed by atoms with Gasteiger partial charge in [-0.05, 0) is 18.4 Å². The average molecular weight is 545 g/mol. The van der Waals surface area contributed by atoms with Crippen LogP contribution in [0.15, 0.2) is 23.4 Å². The zero-order valence-corrected chi connectivity index (χ0v) is 25.2. The van der Waals surface area contributed by atoms with Gasteiger partial charge in [0, 0.05) is 32.1 Å². The average Bonchev–Trinajstić information content (AvgIpc) is 3.00. The fourth-order valence-corrected chi connectivity index (χ4v) is 6.65. The van der Waals surface area contributed by atoms with E-state index in [0.29, 0.717) is 0 Å². The number of nitrogens with one attached hydrogen (secondary N) is 1. The van der Waals surface area contributed by atoms with E-state index in [2.05, 4.69) is 38.2 Å². The molecule has 0 aromatic heterocycles. The van der Waals surface area contributed by atoms with E-state index in [1.165, 1.54) is 50.1 Å². The van der Waals surface area contributed by atoms with Crippen LogP contribution in [0.1, 0.15) is 71.1 Å². The van der Waals surface area contributed by atoms with Gasteiger partial charge in [0.1, 0.15) is 0 Å². The van der Waals surface area contributed by atoms with Gasteiger partial charge in [0.05, 0.1) is 8.07 Å². The molecule has 0 aromatic rings. The minimum atomic E-state index is -1.79. The van der Waals surface area contributed by atoms with Gasteiger partial charge in [0.15, 0.2) is 0 Å². The van der Waals surface area contributed by atoms with Crippen LogP contribution in [-0.4, -0.2) is 14.0 Å². The molecule has 0 aliphatic heterocycles. The molecule has 1 atom stereocenters. The SMILES string of the molecule is CCCCCCCCCCC(C([NH-])=O)[Si](C)(C)C1=CC=CC1.Cl.Cl.[CH3-].[CH3-].[CH3-].[CH3-].[Zr]. The summed E-state index contributed by atoms with van der Waals surface area (Å²) in [6.07, 6.45) is 18.7. The van der Waals surface area contributed by atoms with Crippen LogP contribution in [0.5, 0.6) is 0 Å². The Morgan fingerprint density at radius 2 is 1.41 bits per heavy atom. The Balaban J connectivity index is -0.000000138. The van der Waals surface area contributed by atoms with E-state index in [0.717, 1.165) is 19.3 Å². The standard InChI is InChI=1S/C19H35NOSi.4CH3.2ClH.Zr/c1-4-5-6-7-8-9-10-11-16-18(19(20)21)22(2,3)17-14-12-13-15-17;;;;;;;/h12-14,18H,4-11,15-16H2,1-3H3,(H2,20,21);4*1H3;2*1H;/q;4*-1;;;/p-1. The molecular formula is C23H48Cl2NOSiZr-5. The maximum absolute atomic E-state index is 11.8. The molecule has 0 spiro atoms. The van der Waals surface area contributed by atoms with Crippen molar-refractivity contribution < 1.29 is 31.0 Å². The van der Waals surface area contributed by atoms with Crippen molar-refractivity contribution in [3.8, 4) is 0 Å². The zero-order valence-electron chi connectivity index (χ0n) is 20.1. The Hall–Kier alpha value is 0.630. The van der Waals surface area contributed by atoms with Gasteiger partial charge < -0.3 is 40.2 Å². The first kappa shape index (κ1) is 47.4. The number of amides is 1. The predicted molar refractivity (Wildman–Crippen MR) is 140 cm³/mol. The molecule has 1 aliphatic carbocycles.